The summed E-state index contributed by atoms with van der Waals surface area (Å²) in [6.45, 7) is 0.774. The molecule has 0 bridgehead atoms. The van der Waals surface area contributed by atoms with E-state index in [4.69, 9.17) is 4.74 Å². The fraction of sp³-hybridized carbons (Fsp3) is 0.500. The molecule has 1 aromatic rings. The average Bonchev–Trinajstić information content (AvgIpc) is 2.82. The molecular weight excluding hydrogens is 254 g/mol. The van der Waals surface area contributed by atoms with Gasteiger partial charge in [0.25, 0.3) is 0 Å². The number of carbonyl (C=O) groups is 1. The first-order valence-electron chi connectivity index (χ1n) is 5.83. The molecule has 1 atom stereocenters. The second-order valence-corrected chi connectivity index (χ2v) is 4.07. The van der Waals surface area contributed by atoms with E-state index in [0.717, 1.165) is 25.3 Å². The van der Waals surface area contributed by atoms with Crippen molar-refractivity contribution in [1.29, 1.82) is 0 Å². The molecule has 2 N–H and O–H groups in total. The van der Waals surface area contributed by atoms with E-state index in [9.17, 15) is 4.79 Å². The molecule has 1 aliphatic heterocycles. The predicted octanol–water partition coefficient (Wildman–Crippen LogP) is 2.05. The third-order valence-corrected chi connectivity index (χ3v) is 2.74. The molecule has 1 aliphatic rings. The third-order valence-electron chi connectivity index (χ3n) is 2.74. The van der Waals surface area contributed by atoms with E-state index >= 15 is 0 Å². The van der Waals surface area contributed by atoms with Gasteiger partial charge < -0.3 is 15.4 Å². The summed E-state index contributed by atoms with van der Waals surface area (Å²) < 4.78 is 5.41. The Morgan fingerprint density at radius 1 is 1.56 bits per heavy atom. The molecule has 0 radical (unpaired) electrons. The van der Waals surface area contributed by atoms with E-state index in [-0.39, 0.29) is 24.4 Å². The highest BCUT2D eigenvalue weighted by atomic mass is 35.5. The number of carbonyl (C=O) groups excluding carboxylic acids is 1. The highest BCUT2D eigenvalue weighted by Gasteiger charge is 2.18. The Morgan fingerprint density at radius 3 is 2.94 bits per heavy atom. The average molecular weight is 272 g/mol. The highest BCUT2D eigenvalue weighted by molar-refractivity contribution is 5.90. The van der Waals surface area contributed by atoms with Gasteiger partial charge in [-0.2, -0.15) is 0 Å². The Kier molecular flexibility index (Phi) is 5.88. The van der Waals surface area contributed by atoms with Crippen LogP contribution >= 0.6 is 12.4 Å². The lowest BCUT2D eigenvalue weighted by atomic mass is 10.2. The van der Waals surface area contributed by atoms with Crippen molar-refractivity contribution in [3.63, 3.8) is 0 Å². The van der Waals surface area contributed by atoms with Gasteiger partial charge in [0.05, 0.1) is 24.4 Å². The predicted molar refractivity (Wildman–Crippen MR) is 73.3 cm³/mol. The van der Waals surface area contributed by atoms with Crippen molar-refractivity contribution < 1.29 is 9.53 Å². The smallest absolute Gasteiger partial charge is 0.227 e. The van der Waals surface area contributed by atoms with Gasteiger partial charge in [0, 0.05) is 13.7 Å². The number of hydrogen-bond acceptors (Lipinski definition) is 4. The minimum Gasteiger partial charge on any atom is -0.378 e. The number of ether oxygens (including phenoxy) is 1. The number of rotatable bonds is 4. The summed E-state index contributed by atoms with van der Waals surface area (Å²) in [5.74, 6) is 0.762. The Hall–Kier alpha value is -1.33. The van der Waals surface area contributed by atoms with Crippen LogP contribution < -0.4 is 10.6 Å². The zero-order chi connectivity index (χ0) is 12.1. The first-order valence-corrected chi connectivity index (χ1v) is 5.83. The summed E-state index contributed by atoms with van der Waals surface area (Å²) in [7, 11) is 1.80. The first kappa shape index (κ1) is 14.7. The Bertz CT molecular complexity index is 377. The van der Waals surface area contributed by atoms with Crippen LogP contribution in [0.1, 0.15) is 19.3 Å². The van der Waals surface area contributed by atoms with Gasteiger partial charge >= 0.3 is 0 Å². The van der Waals surface area contributed by atoms with Crippen LogP contribution in [0.15, 0.2) is 18.3 Å². The lowest BCUT2D eigenvalue weighted by Gasteiger charge is -2.09. The van der Waals surface area contributed by atoms with Gasteiger partial charge in [-0.3, -0.25) is 4.79 Å². The number of halogens is 1. The van der Waals surface area contributed by atoms with Crippen LogP contribution in [0.2, 0.25) is 0 Å². The third kappa shape index (κ3) is 4.16. The minimum atomic E-state index is -0.0177. The van der Waals surface area contributed by atoms with Crippen LogP contribution in [0.3, 0.4) is 0 Å². The molecule has 0 aromatic carbocycles. The molecule has 1 unspecified atom stereocenters. The second kappa shape index (κ2) is 7.18. The number of nitrogens with one attached hydrogen (secondary N) is 2. The summed E-state index contributed by atoms with van der Waals surface area (Å²) in [6.07, 6.45) is 4.17. The molecule has 1 fully saturated rings. The molecule has 2 rings (SSSR count). The molecule has 2 heterocycles. The summed E-state index contributed by atoms with van der Waals surface area (Å²) in [4.78, 5) is 15.8. The molecule has 0 saturated carbocycles. The topological polar surface area (TPSA) is 63.2 Å². The maximum absolute atomic E-state index is 11.7. The van der Waals surface area contributed by atoms with Crippen LogP contribution in [0, 0.1) is 0 Å². The number of amides is 1. The quantitative estimate of drug-likeness (QED) is 0.880. The van der Waals surface area contributed by atoms with Crippen molar-refractivity contribution in [2.24, 2.45) is 0 Å². The second-order valence-electron chi connectivity index (χ2n) is 4.07. The van der Waals surface area contributed by atoms with E-state index < -0.39 is 0 Å². The lowest BCUT2D eigenvalue weighted by Crippen LogP contribution is -2.19. The summed E-state index contributed by atoms with van der Waals surface area (Å²) in [5.41, 5.74) is 0.715. The fourth-order valence-electron chi connectivity index (χ4n) is 1.84. The molecule has 100 valence electrons. The van der Waals surface area contributed by atoms with E-state index in [2.05, 4.69) is 15.6 Å². The van der Waals surface area contributed by atoms with Crippen LogP contribution in [0.25, 0.3) is 0 Å². The van der Waals surface area contributed by atoms with Crippen LogP contribution in [-0.2, 0) is 9.53 Å². The lowest BCUT2D eigenvalue weighted by molar-refractivity contribution is -0.118. The zero-order valence-electron chi connectivity index (χ0n) is 10.3. The number of nitrogens with zero attached hydrogens (tertiary/aromatic N) is 1. The van der Waals surface area contributed by atoms with Crippen LogP contribution in [-0.4, -0.2) is 30.6 Å². The fourth-order valence-corrected chi connectivity index (χ4v) is 1.84. The standard InChI is InChI=1S/C12H17N3O2.ClH/c1-13-11-5-4-9(8-14-11)15-12(16)7-10-3-2-6-17-10;/h4-5,8,10H,2-3,6-7H2,1H3,(H,13,14)(H,15,16);1H. The Labute approximate surface area is 113 Å². The Balaban J connectivity index is 0.00000162. The van der Waals surface area contributed by atoms with Gasteiger partial charge in [0.2, 0.25) is 5.91 Å². The van der Waals surface area contributed by atoms with Gasteiger partial charge in [-0.15, -0.1) is 12.4 Å². The molecular formula is C12H18ClN3O2. The van der Waals surface area contributed by atoms with Crippen molar-refractivity contribution in [2.75, 3.05) is 24.3 Å². The van der Waals surface area contributed by atoms with Crippen molar-refractivity contribution in [1.82, 2.24) is 4.98 Å². The minimum absolute atomic E-state index is 0. The summed E-state index contributed by atoms with van der Waals surface area (Å²) >= 11 is 0. The van der Waals surface area contributed by atoms with Crippen molar-refractivity contribution in [3.05, 3.63) is 18.3 Å². The monoisotopic (exact) mass is 271 g/mol. The molecule has 18 heavy (non-hydrogen) atoms. The number of aromatic nitrogens is 1. The molecule has 1 amide bonds. The highest BCUT2D eigenvalue weighted by Crippen LogP contribution is 2.16. The van der Waals surface area contributed by atoms with Gasteiger partial charge in [-0.1, -0.05) is 0 Å². The van der Waals surface area contributed by atoms with Gasteiger partial charge in [0.1, 0.15) is 5.82 Å². The van der Waals surface area contributed by atoms with Gasteiger partial charge in [-0.25, -0.2) is 4.98 Å². The van der Waals surface area contributed by atoms with E-state index in [1.54, 1.807) is 13.2 Å². The maximum Gasteiger partial charge on any atom is 0.227 e. The van der Waals surface area contributed by atoms with Crippen LogP contribution in [0.4, 0.5) is 11.5 Å². The molecule has 1 aromatic heterocycles. The largest absolute Gasteiger partial charge is 0.378 e. The molecule has 1 saturated heterocycles. The van der Waals surface area contributed by atoms with Gasteiger partial charge in [-0.05, 0) is 25.0 Å². The SMILES string of the molecule is CNc1ccc(NC(=O)CC2CCCO2)cn1.Cl. The van der Waals surface area contributed by atoms with E-state index in [1.165, 1.54) is 0 Å². The normalized spacial score (nSPS) is 17.9. The zero-order valence-corrected chi connectivity index (χ0v) is 11.1. The summed E-state index contributed by atoms with van der Waals surface area (Å²) in [5, 5.41) is 5.73. The van der Waals surface area contributed by atoms with Crippen molar-refractivity contribution in [2.45, 2.75) is 25.4 Å². The molecule has 0 aliphatic carbocycles. The Morgan fingerprint density at radius 2 is 2.39 bits per heavy atom. The van der Waals surface area contributed by atoms with Crippen LogP contribution in [0.5, 0.6) is 0 Å². The van der Waals surface area contributed by atoms with E-state index in [0.29, 0.717) is 12.1 Å². The molecule has 6 heteroatoms. The van der Waals surface area contributed by atoms with E-state index in [1.807, 2.05) is 12.1 Å². The summed E-state index contributed by atoms with van der Waals surface area (Å²) in [6, 6.07) is 3.65. The number of pyridine rings is 1. The molecule has 5 nitrogen and oxygen atoms in total. The number of hydrogen-bond donors (Lipinski definition) is 2. The number of anilines is 2. The molecule has 0 spiro atoms. The van der Waals surface area contributed by atoms with Gasteiger partial charge in [0.15, 0.2) is 0 Å². The maximum atomic E-state index is 11.7. The van der Waals surface area contributed by atoms with Crippen molar-refractivity contribution in [3.8, 4) is 0 Å². The van der Waals surface area contributed by atoms with Crippen molar-refractivity contribution >= 4 is 29.8 Å². The first-order chi connectivity index (χ1) is 8.28.